The molecule has 1 amide bonds. The Morgan fingerprint density at radius 1 is 1.16 bits per heavy atom. The van der Waals surface area contributed by atoms with E-state index in [-0.39, 0.29) is 25.0 Å². The molecule has 0 atom stereocenters. The van der Waals surface area contributed by atoms with Gasteiger partial charge in [0.2, 0.25) is 0 Å². The predicted molar refractivity (Wildman–Crippen MR) is 128 cm³/mol. The van der Waals surface area contributed by atoms with Crippen molar-refractivity contribution in [2.24, 2.45) is 0 Å². The van der Waals surface area contributed by atoms with Gasteiger partial charge in [-0.3, -0.25) is 14.3 Å². The first kappa shape index (κ1) is 23.9. The predicted octanol–water partition coefficient (Wildman–Crippen LogP) is 3.22. The van der Waals surface area contributed by atoms with Crippen molar-refractivity contribution >= 4 is 45.4 Å². The molecule has 0 radical (unpaired) electrons. The maximum atomic E-state index is 12.4. The number of amides is 1. The molecule has 170 valence electrons. The van der Waals surface area contributed by atoms with E-state index in [1.165, 1.54) is 4.90 Å². The molecule has 0 aliphatic rings. The highest BCUT2D eigenvalue weighted by atomic mass is 127. The maximum Gasteiger partial charge on any atom is 0.328 e. The monoisotopic (exact) mass is 551 g/mol. The molecule has 0 unspecified atom stereocenters. The van der Waals surface area contributed by atoms with E-state index >= 15 is 0 Å². The number of hydrogen-bond acceptors (Lipinski definition) is 7. The molecule has 2 aromatic heterocycles. The topological polar surface area (TPSA) is 99.4 Å². The van der Waals surface area contributed by atoms with Crippen molar-refractivity contribution in [3.63, 3.8) is 0 Å². The molecule has 3 rings (SSSR count). The second-order valence-electron chi connectivity index (χ2n) is 8.50. The summed E-state index contributed by atoms with van der Waals surface area (Å²) in [5, 5.41) is 5.36. The minimum Gasteiger partial charge on any atom is -0.483 e. The van der Waals surface area contributed by atoms with E-state index in [4.69, 9.17) is 9.47 Å². The Labute approximate surface area is 200 Å². The van der Waals surface area contributed by atoms with E-state index in [1.807, 2.05) is 33.8 Å². The van der Waals surface area contributed by atoms with E-state index in [9.17, 15) is 9.59 Å². The number of likely N-dealkylation sites (N-methyl/N-ethyl adjacent to an activating group) is 1. The van der Waals surface area contributed by atoms with Crippen molar-refractivity contribution in [3.05, 3.63) is 34.1 Å². The maximum absolute atomic E-state index is 12.4. The molecular formula is C22H26IN5O4. The number of benzene rings is 1. The first-order valence-electron chi connectivity index (χ1n) is 9.98. The number of rotatable bonds is 6. The lowest BCUT2D eigenvalue weighted by Crippen LogP contribution is -2.27. The summed E-state index contributed by atoms with van der Waals surface area (Å²) in [7, 11) is 3.34. The van der Waals surface area contributed by atoms with Crippen LogP contribution in [-0.2, 0) is 20.9 Å². The second kappa shape index (κ2) is 9.39. The molecule has 3 aromatic rings. The van der Waals surface area contributed by atoms with Crippen molar-refractivity contribution in [1.29, 1.82) is 0 Å². The van der Waals surface area contributed by atoms with Crippen molar-refractivity contribution in [2.75, 3.05) is 20.7 Å². The van der Waals surface area contributed by atoms with Crippen LogP contribution in [0.5, 0.6) is 5.75 Å². The van der Waals surface area contributed by atoms with Crippen molar-refractivity contribution in [3.8, 4) is 16.9 Å². The third-order valence-electron chi connectivity index (χ3n) is 4.45. The van der Waals surface area contributed by atoms with Gasteiger partial charge in [0.1, 0.15) is 27.4 Å². The van der Waals surface area contributed by atoms with Gasteiger partial charge in [-0.05, 0) is 56.4 Å². The molecule has 0 saturated heterocycles. The molecule has 0 spiro atoms. The Balaban J connectivity index is 2.06. The largest absolute Gasteiger partial charge is 0.483 e. The third-order valence-corrected chi connectivity index (χ3v) is 5.24. The zero-order valence-corrected chi connectivity index (χ0v) is 21.1. The number of fused-ring (bicyclic) bond motifs is 1. The normalized spacial score (nSPS) is 11.5. The number of carbonyl (C=O) groups is 2. The summed E-state index contributed by atoms with van der Waals surface area (Å²) in [4.78, 5) is 34.5. The van der Waals surface area contributed by atoms with Crippen molar-refractivity contribution in [2.45, 2.75) is 39.8 Å². The van der Waals surface area contributed by atoms with Crippen LogP contribution in [-0.4, -0.2) is 62.8 Å². The lowest BCUT2D eigenvalue weighted by molar-refractivity contribution is -0.155. The molecule has 0 N–H and O–H groups in total. The lowest BCUT2D eigenvalue weighted by Gasteiger charge is -2.19. The summed E-state index contributed by atoms with van der Waals surface area (Å²) < 4.78 is 13.6. The molecule has 2 heterocycles. The fourth-order valence-corrected chi connectivity index (χ4v) is 3.62. The van der Waals surface area contributed by atoms with Gasteiger partial charge in [-0.15, -0.1) is 0 Å². The van der Waals surface area contributed by atoms with Gasteiger partial charge >= 0.3 is 5.97 Å². The summed E-state index contributed by atoms with van der Waals surface area (Å²) in [5.41, 5.74) is 1.59. The summed E-state index contributed by atoms with van der Waals surface area (Å²) in [5.74, 6) is 0.564. The molecule has 1 aromatic carbocycles. The highest BCUT2D eigenvalue weighted by Crippen LogP contribution is 2.35. The number of carbonyl (C=O) groups excluding carboxylic acids is 2. The highest BCUT2D eigenvalue weighted by molar-refractivity contribution is 14.1. The molecule has 10 heteroatoms. The van der Waals surface area contributed by atoms with E-state index in [0.29, 0.717) is 17.1 Å². The van der Waals surface area contributed by atoms with Crippen LogP contribution in [0, 0.1) is 10.6 Å². The first-order chi connectivity index (χ1) is 14.9. The van der Waals surface area contributed by atoms with Gasteiger partial charge in [0.25, 0.3) is 5.91 Å². The third kappa shape index (κ3) is 5.72. The van der Waals surface area contributed by atoms with Crippen LogP contribution in [0.25, 0.3) is 22.0 Å². The van der Waals surface area contributed by atoms with Crippen LogP contribution in [0.2, 0.25) is 0 Å². The highest BCUT2D eigenvalue weighted by Gasteiger charge is 2.21. The van der Waals surface area contributed by atoms with Crippen LogP contribution in [0.4, 0.5) is 0 Å². The van der Waals surface area contributed by atoms with Crippen LogP contribution in [0.15, 0.2) is 24.5 Å². The second-order valence-corrected chi connectivity index (χ2v) is 9.52. The van der Waals surface area contributed by atoms with E-state index < -0.39 is 5.60 Å². The average molecular weight is 551 g/mol. The Hall–Kier alpha value is -2.76. The van der Waals surface area contributed by atoms with Gasteiger partial charge in [0.05, 0.1) is 5.52 Å². The molecule has 32 heavy (non-hydrogen) atoms. The van der Waals surface area contributed by atoms with Gasteiger partial charge in [-0.25, -0.2) is 9.97 Å². The summed E-state index contributed by atoms with van der Waals surface area (Å²) >= 11 is 2.13. The van der Waals surface area contributed by atoms with Gasteiger partial charge < -0.3 is 14.4 Å². The Bertz CT molecular complexity index is 1150. The zero-order chi connectivity index (χ0) is 23.6. The summed E-state index contributed by atoms with van der Waals surface area (Å²) in [6, 6.07) is 3.70. The zero-order valence-electron chi connectivity index (χ0n) is 19.0. The van der Waals surface area contributed by atoms with Gasteiger partial charge in [-0.2, -0.15) is 5.10 Å². The fourth-order valence-electron chi connectivity index (χ4n) is 2.92. The molecule has 0 fully saturated rings. The number of esters is 1. The number of aromatic nitrogens is 4. The fraction of sp³-hybridized carbons (Fsp3) is 0.409. The lowest BCUT2D eigenvalue weighted by atomic mass is 10.1. The first-order valence-corrected chi connectivity index (χ1v) is 11.1. The number of halogens is 1. The molecule has 0 aliphatic carbocycles. The van der Waals surface area contributed by atoms with Gasteiger partial charge in [-0.1, -0.05) is 0 Å². The standard InChI is InChI=1S/C22H26IN5O4/c1-13-24-9-14(10-25-13)15-7-16-17(8-18(15)31-12-19(29)27(5)6)28(26-21(16)23)11-20(30)32-22(2,3)4/h7-10H,11-12H2,1-6H3. The number of aryl methyl sites for hydroxylation is 1. The molecule has 0 aliphatic heterocycles. The molecular weight excluding hydrogens is 525 g/mol. The van der Waals surface area contributed by atoms with Gasteiger partial charge in [0.15, 0.2) is 6.61 Å². The quantitative estimate of drug-likeness (QED) is 0.343. The molecule has 0 saturated carbocycles. The van der Waals surface area contributed by atoms with Crippen LogP contribution >= 0.6 is 22.6 Å². The van der Waals surface area contributed by atoms with E-state index in [1.54, 1.807) is 37.2 Å². The van der Waals surface area contributed by atoms with Crippen molar-refractivity contribution < 1.29 is 19.1 Å². The SMILES string of the molecule is Cc1ncc(-c2cc3c(I)nn(CC(=O)OC(C)(C)C)c3cc2OCC(=O)N(C)C)cn1. The smallest absolute Gasteiger partial charge is 0.328 e. The number of nitrogens with zero attached hydrogens (tertiary/aromatic N) is 5. The molecule has 9 nitrogen and oxygen atoms in total. The van der Waals surface area contributed by atoms with E-state index in [2.05, 4.69) is 37.7 Å². The number of hydrogen-bond donors (Lipinski definition) is 0. The van der Waals surface area contributed by atoms with Gasteiger partial charge in [0, 0.05) is 49.1 Å². The van der Waals surface area contributed by atoms with Crippen LogP contribution in [0.1, 0.15) is 26.6 Å². The van der Waals surface area contributed by atoms with Crippen molar-refractivity contribution in [1.82, 2.24) is 24.6 Å². The summed E-state index contributed by atoms with van der Waals surface area (Å²) in [6.07, 6.45) is 3.42. The number of ether oxygens (including phenoxy) is 2. The molecule has 0 bridgehead atoms. The summed E-state index contributed by atoms with van der Waals surface area (Å²) in [6.45, 7) is 7.09. The Kier molecular flexibility index (Phi) is 7.01. The minimum atomic E-state index is -0.591. The minimum absolute atomic E-state index is 0.0418. The Morgan fingerprint density at radius 2 is 1.81 bits per heavy atom. The van der Waals surface area contributed by atoms with E-state index in [0.717, 1.165) is 20.2 Å². The van der Waals surface area contributed by atoms with Crippen LogP contribution < -0.4 is 4.74 Å². The average Bonchev–Trinajstić information content (AvgIpc) is 2.99. The van der Waals surface area contributed by atoms with Crippen LogP contribution in [0.3, 0.4) is 0 Å². The Morgan fingerprint density at radius 3 is 2.41 bits per heavy atom.